The Bertz CT molecular complexity index is 228. The van der Waals surface area contributed by atoms with E-state index in [4.69, 9.17) is 0 Å². The fourth-order valence-corrected chi connectivity index (χ4v) is 1.59. The van der Waals surface area contributed by atoms with Crippen molar-refractivity contribution in [2.24, 2.45) is 5.41 Å². The average Bonchev–Trinajstić information content (AvgIpc) is 2.06. The first-order valence-corrected chi connectivity index (χ1v) is 5.85. The molecule has 0 spiro atoms. The van der Waals surface area contributed by atoms with Crippen LogP contribution in [-0.4, -0.2) is 30.1 Å². The Morgan fingerprint density at radius 3 is 2.27 bits per heavy atom. The maximum atomic E-state index is 11.8. The maximum absolute atomic E-state index is 11.8. The molecule has 0 aromatic rings. The van der Waals surface area contributed by atoms with E-state index in [0.29, 0.717) is 6.04 Å². The molecule has 3 heteroatoms. The van der Waals surface area contributed by atoms with Gasteiger partial charge in [-0.3, -0.25) is 0 Å². The summed E-state index contributed by atoms with van der Waals surface area (Å²) in [5.41, 5.74) is 0.131. The first-order chi connectivity index (χ1) is 6.82. The van der Waals surface area contributed by atoms with Crippen LogP contribution in [0.3, 0.4) is 0 Å². The molecule has 1 aliphatic carbocycles. The zero-order valence-corrected chi connectivity index (χ0v) is 10.6. The van der Waals surface area contributed by atoms with Crippen LogP contribution in [0.2, 0.25) is 0 Å². The summed E-state index contributed by atoms with van der Waals surface area (Å²) >= 11 is 0. The highest BCUT2D eigenvalue weighted by Gasteiger charge is 2.28. The fraction of sp³-hybridized carbons (Fsp3) is 0.917. The number of nitrogens with zero attached hydrogens (tertiary/aromatic N) is 1. The van der Waals surface area contributed by atoms with E-state index in [0.717, 1.165) is 12.8 Å². The van der Waals surface area contributed by atoms with Gasteiger partial charge in [0, 0.05) is 19.1 Å². The lowest BCUT2D eigenvalue weighted by molar-refractivity contribution is 0.139. The molecular formula is C12H24N2O. The summed E-state index contributed by atoms with van der Waals surface area (Å²) in [7, 11) is 1.88. The highest BCUT2D eigenvalue weighted by molar-refractivity contribution is 5.74. The van der Waals surface area contributed by atoms with Gasteiger partial charge in [-0.2, -0.15) is 0 Å². The molecule has 1 aliphatic rings. The van der Waals surface area contributed by atoms with Crippen LogP contribution in [0.5, 0.6) is 0 Å². The Balaban J connectivity index is 2.44. The van der Waals surface area contributed by atoms with Crippen molar-refractivity contribution < 1.29 is 4.79 Å². The Morgan fingerprint density at radius 1 is 1.40 bits per heavy atom. The van der Waals surface area contributed by atoms with Crippen LogP contribution in [0, 0.1) is 5.41 Å². The fourth-order valence-electron chi connectivity index (χ4n) is 1.59. The van der Waals surface area contributed by atoms with Crippen molar-refractivity contribution in [2.45, 2.75) is 59.0 Å². The number of amides is 2. The van der Waals surface area contributed by atoms with Gasteiger partial charge in [0.15, 0.2) is 0 Å². The van der Waals surface area contributed by atoms with E-state index in [2.05, 4.69) is 33.0 Å². The summed E-state index contributed by atoms with van der Waals surface area (Å²) in [6.07, 6.45) is 3.54. The highest BCUT2D eigenvalue weighted by Crippen LogP contribution is 2.24. The molecule has 1 N–H and O–H groups in total. The first kappa shape index (κ1) is 12.3. The van der Waals surface area contributed by atoms with Crippen molar-refractivity contribution in [3.8, 4) is 0 Å². The molecule has 0 radical (unpaired) electrons. The molecule has 1 saturated carbocycles. The third-order valence-corrected chi connectivity index (χ3v) is 3.59. The second-order valence-electron chi connectivity index (χ2n) is 5.73. The van der Waals surface area contributed by atoms with Gasteiger partial charge in [-0.1, -0.05) is 20.8 Å². The number of rotatable bonds is 2. The van der Waals surface area contributed by atoms with Crippen LogP contribution in [0.15, 0.2) is 0 Å². The average molecular weight is 212 g/mol. The molecule has 1 unspecified atom stereocenters. The number of urea groups is 1. The lowest BCUT2D eigenvalue weighted by Crippen LogP contribution is -2.51. The van der Waals surface area contributed by atoms with E-state index < -0.39 is 0 Å². The summed E-state index contributed by atoms with van der Waals surface area (Å²) in [4.78, 5) is 13.7. The summed E-state index contributed by atoms with van der Waals surface area (Å²) in [5.74, 6) is 0. The second kappa shape index (κ2) is 4.42. The molecule has 88 valence electrons. The number of hydrogen-bond donors (Lipinski definition) is 1. The van der Waals surface area contributed by atoms with Crippen LogP contribution in [0.25, 0.3) is 0 Å². The minimum atomic E-state index is 0.0714. The van der Waals surface area contributed by atoms with E-state index >= 15 is 0 Å². The SMILES string of the molecule is CC(N(C)C(=O)NC1CCC1)C(C)(C)C. The van der Waals surface area contributed by atoms with Crippen molar-refractivity contribution >= 4 is 6.03 Å². The second-order valence-corrected chi connectivity index (χ2v) is 5.73. The first-order valence-electron chi connectivity index (χ1n) is 5.85. The third kappa shape index (κ3) is 3.11. The molecule has 2 amide bonds. The quantitative estimate of drug-likeness (QED) is 0.749. The molecule has 0 aromatic carbocycles. The standard InChI is InChI=1S/C12H24N2O/c1-9(12(2,3)4)14(5)11(15)13-10-7-6-8-10/h9-10H,6-8H2,1-5H3,(H,13,15). The van der Waals surface area contributed by atoms with Crippen LogP contribution in [0.4, 0.5) is 4.79 Å². The van der Waals surface area contributed by atoms with Crippen LogP contribution < -0.4 is 5.32 Å². The molecule has 1 fully saturated rings. The summed E-state index contributed by atoms with van der Waals surface area (Å²) in [6.45, 7) is 8.57. The van der Waals surface area contributed by atoms with Gasteiger partial charge in [-0.25, -0.2) is 4.79 Å². The van der Waals surface area contributed by atoms with E-state index in [-0.39, 0.29) is 17.5 Å². The molecule has 0 heterocycles. The van der Waals surface area contributed by atoms with Crippen LogP contribution in [-0.2, 0) is 0 Å². The Morgan fingerprint density at radius 2 is 1.93 bits per heavy atom. The summed E-state index contributed by atoms with van der Waals surface area (Å²) in [5, 5.41) is 3.06. The Labute approximate surface area is 93.2 Å². The van der Waals surface area contributed by atoms with Crippen molar-refractivity contribution in [3.63, 3.8) is 0 Å². The molecule has 15 heavy (non-hydrogen) atoms. The number of carbonyl (C=O) groups excluding carboxylic acids is 1. The number of nitrogens with one attached hydrogen (secondary N) is 1. The lowest BCUT2D eigenvalue weighted by atomic mass is 9.87. The molecule has 1 atom stereocenters. The topological polar surface area (TPSA) is 32.3 Å². The molecule has 0 bridgehead atoms. The van der Waals surface area contributed by atoms with Gasteiger partial charge in [0.2, 0.25) is 0 Å². The van der Waals surface area contributed by atoms with E-state index in [1.807, 2.05) is 11.9 Å². The van der Waals surface area contributed by atoms with Crippen molar-refractivity contribution in [3.05, 3.63) is 0 Å². The largest absolute Gasteiger partial charge is 0.335 e. The number of hydrogen-bond acceptors (Lipinski definition) is 1. The van der Waals surface area contributed by atoms with Crippen molar-refractivity contribution in [1.29, 1.82) is 0 Å². The van der Waals surface area contributed by atoms with Crippen molar-refractivity contribution in [2.75, 3.05) is 7.05 Å². The van der Waals surface area contributed by atoms with Gasteiger partial charge in [-0.05, 0) is 31.6 Å². The summed E-state index contributed by atoms with van der Waals surface area (Å²) < 4.78 is 0. The molecular weight excluding hydrogens is 188 g/mol. The normalized spacial score (nSPS) is 19.3. The molecule has 1 rings (SSSR count). The Hall–Kier alpha value is -0.730. The van der Waals surface area contributed by atoms with Gasteiger partial charge in [0.25, 0.3) is 0 Å². The molecule has 0 aromatic heterocycles. The van der Waals surface area contributed by atoms with Gasteiger partial charge in [-0.15, -0.1) is 0 Å². The van der Waals surface area contributed by atoms with Crippen LogP contribution in [0.1, 0.15) is 47.0 Å². The molecule has 3 nitrogen and oxygen atoms in total. The van der Waals surface area contributed by atoms with E-state index in [1.54, 1.807) is 0 Å². The smallest absolute Gasteiger partial charge is 0.317 e. The van der Waals surface area contributed by atoms with Crippen molar-refractivity contribution in [1.82, 2.24) is 10.2 Å². The Kier molecular flexibility index (Phi) is 3.63. The zero-order valence-electron chi connectivity index (χ0n) is 10.6. The predicted octanol–water partition coefficient (Wildman–Crippen LogP) is 2.61. The monoisotopic (exact) mass is 212 g/mol. The van der Waals surface area contributed by atoms with E-state index in [9.17, 15) is 4.79 Å². The van der Waals surface area contributed by atoms with Gasteiger partial charge >= 0.3 is 6.03 Å². The minimum Gasteiger partial charge on any atom is -0.335 e. The molecule has 0 saturated heterocycles. The molecule has 0 aliphatic heterocycles. The predicted molar refractivity (Wildman–Crippen MR) is 62.9 cm³/mol. The zero-order chi connectivity index (χ0) is 11.6. The van der Waals surface area contributed by atoms with Crippen LogP contribution >= 0.6 is 0 Å². The lowest BCUT2D eigenvalue weighted by Gasteiger charge is -2.37. The van der Waals surface area contributed by atoms with E-state index in [1.165, 1.54) is 6.42 Å². The number of carbonyl (C=O) groups is 1. The van der Waals surface area contributed by atoms with Gasteiger partial charge in [0.05, 0.1) is 0 Å². The maximum Gasteiger partial charge on any atom is 0.317 e. The summed E-state index contributed by atoms with van der Waals surface area (Å²) in [6, 6.07) is 0.742. The highest BCUT2D eigenvalue weighted by atomic mass is 16.2. The minimum absolute atomic E-state index is 0.0714. The van der Waals surface area contributed by atoms with Gasteiger partial charge in [0.1, 0.15) is 0 Å². The third-order valence-electron chi connectivity index (χ3n) is 3.59. The van der Waals surface area contributed by atoms with Gasteiger partial charge < -0.3 is 10.2 Å².